The van der Waals surface area contributed by atoms with E-state index in [9.17, 15) is 8.42 Å². The lowest BCUT2D eigenvalue weighted by molar-refractivity contribution is 0.559. The molecule has 0 saturated heterocycles. The molecule has 0 aliphatic heterocycles. The summed E-state index contributed by atoms with van der Waals surface area (Å²) in [5.41, 5.74) is 2.05. The second-order valence-electron chi connectivity index (χ2n) is 5.88. The van der Waals surface area contributed by atoms with Gasteiger partial charge in [0.15, 0.2) is 0 Å². The van der Waals surface area contributed by atoms with E-state index in [2.05, 4.69) is 41.6 Å². The van der Waals surface area contributed by atoms with E-state index >= 15 is 0 Å². The SMILES string of the molecule is CC(Cc1c[nH]c2ccccc12)NS(=O)(=O)c1c(Cl)c(Br)cc(Cl)c1Br. The molecule has 0 saturated carbocycles. The number of H-pyrrole nitrogens is 1. The highest BCUT2D eigenvalue weighted by molar-refractivity contribution is 9.11. The van der Waals surface area contributed by atoms with Gasteiger partial charge in [0.2, 0.25) is 10.0 Å². The molecule has 0 spiro atoms. The van der Waals surface area contributed by atoms with Crippen LogP contribution >= 0.6 is 55.1 Å². The number of benzene rings is 2. The molecule has 0 bridgehead atoms. The summed E-state index contributed by atoms with van der Waals surface area (Å²) in [4.78, 5) is 3.11. The molecule has 1 atom stereocenters. The Morgan fingerprint density at radius 2 is 1.92 bits per heavy atom. The third-order valence-corrected chi connectivity index (χ3v) is 8.53. The molecule has 1 heterocycles. The van der Waals surface area contributed by atoms with Crippen LogP contribution < -0.4 is 4.72 Å². The summed E-state index contributed by atoms with van der Waals surface area (Å²) < 4.78 is 29.1. The number of aromatic amines is 1. The van der Waals surface area contributed by atoms with E-state index in [0.29, 0.717) is 10.9 Å². The molecule has 0 aliphatic carbocycles. The van der Waals surface area contributed by atoms with Crippen LogP contribution in [0.25, 0.3) is 10.9 Å². The van der Waals surface area contributed by atoms with Gasteiger partial charge in [0.1, 0.15) is 4.90 Å². The number of nitrogens with one attached hydrogen (secondary N) is 2. The van der Waals surface area contributed by atoms with Crippen molar-refractivity contribution in [2.75, 3.05) is 0 Å². The van der Waals surface area contributed by atoms with Gasteiger partial charge in [-0.2, -0.15) is 0 Å². The van der Waals surface area contributed by atoms with Gasteiger partial charge in [-0.3, -0.25) is 0 Å². The summed E-state index contributed by atoms with van der Waals surface area (Å²) in [5, 5.41) is 1.40. The van der Waals surface area contributed by atoms with Crippen molar-refractivity contribution in [1.29, 1.82) is 0 Å². The first-order chi connectivity index (χ1) is 12.2. The Bertz CT molecular complexity index is 1060. The maximum Gasteiger partial charge on any atom is 0.243 e. The first-order valence-corrected chi connectivity index (χ1v) is 11.4. The minimum absolute atomic E-state index is 0.0769. The fourth-order valence-electron chi connectivity index (χ4n) is 2.78. The molecule has 2 N–H and O–H groups in total. The lowest BCUT2D eigenvalue weighted by atomic mass is 10.1. The minimum Gasteiger partial charge on any atom is -0.361 e. The molecular formula is C17H14Br2Cl2N2O2S. The zero-order valence-electron chi connectivity index (χ0n) is 13.5. The van der Waals surface area contributed by atoms with Gasteiger partial charge in [0.25, 0.3) is 0 Å². The molecule has 3 rings (SSSR count). The Morgan fingerprint density at radius 1 is 1.23 bits per heavy atom. The number of aromatic nitrogens is 1. The van der Waals surface area contributed by atoms with E-state index in [0.717, 1.165) is 16.5 Å². The van der Waals surface area contributed by atoms with Gasteiger partial charge in [0, 0.05) is 27.6 Å². The summed E-state index contributed by atoms with van der Waals surface area (Å²) in [6, 6.07) is 9.08. The van der Waals surface area contributed by atoms with Crippen molar-refractivity contribution >= 4 is 76.0 Å². The molecule has 3 aromatic rings. The van der Waals surface area contributed by atoms with Crippen LogP contribution in [-0.4, -0.2) is 19.4 Å². The van der Waals surface area contributed by atoms with Crippen LogP contribution in [0.1, 0.15) is 12.5 Å². The van der Waals surface area contributed by atoms with Gasteiger partial charge in [-0.25, -0.2) is 13.1 Å². The number of halogens is 4. The van der Waals surface area contributed by atoms with Crippen LogP contribution in [0.5, 0.6) is 0 Å². The van der Waals surface area contributed by atoms with Crippen LogP contribution in [0.4, 0.5) is 0 Å². The van der Waals surface area contributed by atoms with Crippen molar-refractivity contribution in [3.63, 3.8) is 0 Å². The molecule has 1 aromatic heterocycles. The maximum absolute atomic E-state index is 12.9. The van der Waals surface area contributed by atoms with Crippen molar-refractivity contribution in [3.8, 4) is 0 Å². The number of para-hydroxylation sites is 1. The molecule has 4 nitrogen and oxygen atoms in total. The van der Waals surface area contributed by atoms with Gasteiger partial charge in [0.05, 0.1) is 14.5 Å². The summed E-state index contributed by atoms with van der Waals surface area (Å²) >= 11 is 18.7. The molecule has 1 unspecified atom stereocenters. The minimum atomic E-state index is -3.88. The van der Waals surface area contributed by atoms with E-state index in [-0.39, 0.29) is 25.5 Å². The van der Waals surface area contributed by atoms with Gasteiger partial charge in [-0.15, -0.1) is 0 Å². The Balaban J connectivity index is 1.88. The molecule has 26 heavy (non-hydrogen) atoms. The number of rotatable bonds is 5. The quantitative estimate of drug-likeness (QED) is 0.395. The van der Waals surface area contributed by atoms with E-state index in [1.54, 1.807) is 13.0 Å². The second kappa shape index (κ2) is 7.81. The largest absolute Gasteiger partial charge is 0.361 e. The molecule has 2 aromatic carbocycles. The lowest BCUT2D eigenvalue weighted by Crippen LogP contribution is -2.34. The topological polar surface area (TPSA) is 62.0 Å². The predicted molar refractivity (Wildman–Crippen MR) is 114 cm³/mol. The number of hydrogen-bond acceptors (Lipinski definition) is 2. The van der Waals surface area contributed by atoms with Crippen molar-refractivity contribution in [2.45, 2.75) is 24.3 Å². The number of hydrogen-bond donors (Lipinski definition) is 2. The summed E-state index contributed by atoms with van der Waals surface area (Å²) in [6.07, 6.45) is 2.43. The Labute approximate surface area is 178 Å². The third kappa shape index (κ3) is 3.98. The van der Waals surface area contributed by atoms with Crippen LogP contribution in [0.2, 0.25) is 10.0 Å². The molecule has 0 aliphatic rings. The van der Waals surface area contributed by atoms with Crippen molar-refractivity contribution in [3.05, 3.63) is 61.1 Å². The number of fused-ring (bicyclic) bond motifs is 1. The van der Waals surface area contributed by atoms with Gasteiger partial charge < -0.3 is 4.98 Å². The van der Waals surface area contributed by atoms with Crippen molar-refractivity contribution in [1.82, 2.24) is 9.71 Å². The highest BCUT2D eigenvalue weighted by Crippen LogP contribution is 2.40. The summed E-state index contributed by atoms with van der Waals surface area (Å²) in [5.74, 6) is 0. The normalized spacial score (nSPS) is 13.3. The molecule has 0 amide bonds. The highest BCUT2D eigenvalue weighted by Gasteiger charge is 2.27. The van der Waals surface area contributed by atoms with Crippen LogP contribution in [0, 0.1) is 0 Å². The van der Waals surface area contributed by atoms with Gasteiger partial charge >= 0.3 is 0 Å². The summed E-state index contributed by atoms with van der Waals surface area (Å²) in [6.45, 7) is 1.81. The molecular weight excluding hydrogens is 527 g/mol. The van der Waals surface area contributed by atoms with Gasteiger partial charge in [-0.1, -0.05) is 41.4 Å². The number of sulfonamides is 1. The molecule has 0 fully saturated rings. The first kappa shape index (κ1) is 20.2. The van der Waals surface area contributed by atoms with E-state index < -0.39 is 10.0 Å². The third-order valence-electron chi connectivity index (χ3n) is 3.90. The smallest absolute Gasteiger partial charge is 0.243 e. The van der Waals surface area contributed by atoms with Gasteiger partial charge in [-0.05, 0) is 62.9 Å². The zero-order chi connectivity index (χ0) is 19.1. The standard InChI is InChI=1S/C17H14Br2Cl2N2O2S/c1-9(6-10-8-22-14-5-3-2-4-11(10)14)23-26(24,25)17-15(19)13(20)7-12(18)16(17)21/h2-5,7-9,22-23H,6H2,1H3. The Kier molecular flexibility index (Phi) is 6.06. The van der Waals surface area contributed by atoms with Crippen molar-refractivity contribution in [2.24, 2.45) is 0 Å². The zero-order valence-corrected chi connectivity index (χ0v) is 19.0. The van der Waals surface area contributed by atoms with Crippen LogP contribution in [0.3, 0.4) is 0 Å². The first-order valence-electron chi connectivity index (χ1n) is 7.61. The molecule has 138 valence electrons. The predicted octanol–water partition coefficient (Wildman–Crippen LogP) is 5.91. The van der Waals surface area contributed by atoms with E-state index in [1.807, 2.05) is 30.5 Å². The summed E-state index contributed by atoms with van der Waals surface area (Å²) in [7, 11) is -3.88. The Morgan fingerprint density at radius 3 is 2.65 bits per heavy atom. The average Bonchev–Trinajstić information content (AvgIpc) is 2.95. The average molecular weight is 541 g/mol. The van der Waals surface area contributed by atoms with Crippen molar-refractivity contribution < 1.29 is 8.42 Å². The Hall–Kier alpha value is -0.570. The molecule has 9 heteroatoms. The monoisotopic (exact) mass is 538 g/mol. The fourth-order valence-corrected chi connectivity index (χ4v) is 6.68. The van der Waals surface area contributed by atoms with E-state index in [4.69, 9.17) is 23.2 Å². The molecule has 0 radical (unpaired) electrons. The maximum atomic E-state index is 12.9. The lowest BCUT2D eigenvalue weighted by Gasteiger charge is -2.17. The second-order valence-corrected chi connectivity index (χ2v) is 9.97. The fraction of sp³-hybridized carbons (Fsp3) is 0.176. The van der Waals surface area contributed by atoms with Crippen LogP contribution in [-0.2, 0) is 16.4 Å². The van der Waals surface area contributed by atoms with E-state index in [1.165, 1.54) is 0 Å². The highest BCUT2D eigenvalue weighted by atomic mass is 79.9. The van der Waals surface area contributed by atoms with Crippen LogP contribution in [0.15, 0.2) is 50.4 Å².